The maximum absolute atomic E-state index is 11.8. The van der Waals surface area contributed by atoms with Gasteiger partial charge in [0.15, 0.2) is 0 Å². The van der Waals surface area contributed by atoms with Gasteiger partial charge in [0.1, 0.15) is 0 Å². The minimum atomic E-state index is -0.124. The number of aliphatic hydroxyl groups is 1. The summed E-state index contributed by atoms with van der Waals surface area (Å²) >= 11 is 3.32. The molecule has 0 unspecified atom stereocenters. The Labute approximate surface area is 94.3 Å². The highest BCUT2D eigenvalue weighted by atomic mass is 79.9. The van der Waals surface area contributed by atoms with Crippen molar-refractivity contribution >= 4 is 26.8 Å². The van der Waals surface area contributed by atoms with Crippen molar-refractivity contribution in [2.45, 2.75) is 6.54 Å². The SMILES string of the molecule is O=c1c2ccc(Br)cc2ncn1CCO. The van der Waals surface area contributed by atoms with Gasteiger partial charge in [0.2, 0.25) is 0 Å². The summed E-state index contributed by atoms with van der Waals surface area (Å²) in [6.07, 6.45) is 1.45. The van der Waals surface area contributed by atoms with E-state index in [-0.39, 0.29) is 18.7 Å². The molecule has 0 bridgehead atoms. The van der Waals surface area contributed by atoms with Gasteiger partial charge >= 0.3 is 0 Å². The summed E-state index contributed by atoms with van der Waals surface area (Å²) in [6, 6.07) is 5.32. The third-order valence-electron chi connectivity index (χ3n) is 2.13. The highest BCUT2D eigenvalue weighted by Crippen LogP contribution is 2.14. The van der Waals surface area contributed by atoms with E-state index in [0.29, 0.717) is 10.9 Å². The van der Waals surface area contributed by atoms with Crippen LogP contribution in [-0.2, 0) is 6.54 Å². The lowest BCUT2D eigenvalue weighted by Crippen LogP contribution is -2.22. The molecule has 0 saturated heterocycles. The Kier molecular flexibility index (Phi) is 2.83. The minimum Gasteiger partial charge on any atom is -0.395 e. The van der Waals surface area contributed by atoms with Crippen LogP contribution in [0.25, 0.3) is 10.9 Å². The molecule has 0 spiro atoms. The maximum Gasteiger partial charge on any atom is 0.261 e. The summed E-state index contributed by atoms with van der Waals surface area (Å²) in [6.45, 7) is 0.210. The molecule has 2 aromatic rings. The van der Waals surface area contributed by atoms with Crippen LogP contribution in [0.2, 0.25) is 0 Å². The van der Waals surface area contributed by atoms with Crippen LogP contribution in [0.15, 0.2) is 33.8 Å². The molecular weight excluding hydrogens is 260 g/mol. The van der Waals surface area contributed by atoms with Gasteiger partial charge in [0.05, 0.1) is 30.4 Å². The summed E-state index contributed by atoms with van der Waals surface area (Å²) in [5.74, 6) is 0. The second-order valence-electron chi connectivity index (χ2n) is 3.13. The van der Waals surface area contributed by atoms with Gasteiger partial charge in [-0.15, -0.1) is 0 Å². The summed E-state index contributed by atoms with van der Waals surface area (Å²) in [7, 11) is 0. The fraction of sp³-hybridized carbons (Fsp3) is 0.200. The Morgan fingerprint density at radius 1 is 1.47 bits per heavy atom. The highest BCUT2D eigenvalue weighted by molar-refractivity contribution is 9.10. The molecule has 78 valence electrons. The van der Waals surface area contributed by atoms with Crippen molar-refractivity contribution in [3.63, 3.8) is 0 Å². The molecule has 0 saturated carbocycles. The van der Waals surface area contributed by atoms with E-state index in [4.69, 9.17) is 5.11 Å². The molecule has 0 atom stereocenters. The standard InChI is InChI=1S/C10H9BrN2O2/c11-7-1-2-8-9(5-7)12-6-13(3-4-14)10(8)15/h1-2,5-6,14H,3-4H2. The predicted molar refractivity (Wildman–Crippen MR) is 60.8 cm³/mol. The molecule has 0 radical (unpaired) electrons. The van der Waals surface area contributed by atoms with E-state index < -0.39 is 0 Å². The van der Waals surface area contributed by atoms with E-state index in [1.165, 1.54) is 10.9 Å². The second kappa shape index (κ2) is 4.12. The molecule has 15 heavy (non-hydrogen) atoms. The van der Waals surface area contributed by atoms with Gasteiger partial charge in [-0.25, -0.2) is 4.98 Å². The van der Waals surface area contributed by atoms with Crippen molar-refractivity contribution in [1.82, 2.24) is 9.55 Å². The van der Waals surface area contributed by atoms with Gasteiger partial charge in [-0.2, -0.15) is 0 Å². The van der Waals surface area contributed by atoms with Crippen molar-refractivity contribution in [1.29, 1.82) is 0 Å². The number of hydrogen-bond donors (Lipinski definition) is 1. The first-order chi connectivity index (χ1) is 7.22. The fourth-order valence-electron chi connectivity index (χ4n) is 1.40. The van der Waals surface area contributed by atoms with E-state index in [1.807, 2.05) is 0 Å². The van der Waals surface area contributed by atoms with E-state index in [9.17, 15) is 4.79 Å². The first-order valence-electron chi connectivity index (χ1n) is 4.48. The molecular formula is C10H9BrN2O2. The zero-order valence-electron chi connectivity index (χ0n) is 7.85. The number of benzene rings is 1. The number of halogens is 1. The number of nitrogens with zero attached hydrogens (tertiary/aromatic N) is 2. The van der Waals surface area contributed by atoms with Gasteiger partial charge in [0, 0.05) is 4.47 Å². The highest BCUT2D eigenvalue weighted by Gasteiger charge is 2.03. The number of hydrogen-bond acceptors (Lipinski definition) is 3. The zero-order chi connectivity index (χ0) is 10.8. The summed E-state index contributed by atoms with van der Waals surface area (Å²) < 4.78 is 2.29. The van der Waals surface area contributed by atoms with Crippen LogP contribution in [0.1, 0.15) is 0 Å². The first kappa shape index (κ1) is 10.3. The van der Waals surface area contributed by atoms with Gasteiger partial charge in [-0.05, 0) is 18.2 Å². The number of aliphatic hydroxyl groups excluding tert-OH is 1. The molecule has 4 nitrogen and oxygen atoms in total. The molecule has 0 aliphatic carbocycles. The smallest absolute Gasteiger partial charge is 0.261 e. The lowest BCUT2D eigenvalue weighted by molar-refractivity contribution is 0.274. The molecule has 1 heterocycles. The lowest BCUT2D eigenvalue weighted by Gasteiger charge is -2.04. The van der Waals surface area contributed by atoms with E-state index in [0.717, 1.165) is 4.47 Å². The van der Waals surface area contributed by atoms with Gasteiger partial charge in [-0.1, -0.05) is 15.9 Å². The Morgan fingerprint density at radius 3 is 3.00 bits per heavy atom. The average molecular weight is 269 g/mol. The molecule has 5 heteroatoms. The summed E-state index contributed by atoms with van der Waals surface area (Å²) in [5.41, 5.74) is 0.533. The Bertz CT molecular complexity index is 551. The number of rotatable bonds is 2. The topological polar surface area (TPSA) is 55.1 Å². The molecule has 0 fully saturated rings. The Balaban J connectivity index is 2.69. The van der Waals surface area contributed by atoms with Gasteiger partial charge in [0.25, 0.3) is 5.56 Å². The molecule has 1 aromatic heterocycles. The first-order valence-corrected chi connectivity index (χ1v) is 5.27. The quantitative estimate of drug-likeness (QED) is 0.889. The zero-order valence-corrected chi connectivity index (χ0v) is 9.44. The minimum absolute atomic E-state index is 0.0659. The van der Waals surface area contributed by atoms with Crippen LogP contribution in [0.4, 0.5) is 0 Å². The van der Waals surface area contributed by atoms with Gasteiger partial charge < -0.3 is 5.11 Å². The second-order valence-corrected chi connectivity index (χ2v) is 4.04. The van der Waals surface area contributed by atoms with E-state index >= 15 is 0 Å². The molecule has 0 aliphatic rings. The summed E-state index contributed by atoms with van der Waals surface area (Å²) in [4.78, 5) is 16.0. The van der Waals surface area contributed by atoms with Crippen LogP contribution in [0, 0.1) is 0 Å². The van der Waals surface area contributed by atoms with E-state index in [2.05, 4.69) is 20.9 Å². The van der Waals surface area contributed by atoms with Crippen molar-refractivity contribution in [3.05, 3.63) is 39.4 Å². The third-order valence-corrected chi connectivity index (χ3v) is 2.62. The lowest BCUT2D eigenvalue weighted by atomic mass is 10.2. The van der Waals surface area contributed by atoms with Crippen LogP contribution in [0.5, 0.6) is 0 Å². The third kappa shape index (κ3) is 1.93. The Morgan fingerprint density at radius 2 is 2.27 bits per heavy atom. The van der Waals surface area contributed by atoms with E-state index in [1.54, 1.807) is 18.2 Å². The predicted octanol–water partition coefficient (Wildman–Crippen LogP) is 1.15. The van der Waals surface area contributed by atoms with Crippen LogP contribution >= 0.6 is 15.9 Å². The van der Waals surface area contributed by atoms with Crippen molar-refractivity contribution in [2.75, 3.05) is 6.61 Å². The molecule has 2 rings (SSSR count). The van der Waals surface area contributed by atoms with Crippen LogP contribution in [0.3, 0.4) is 0 Å². The molecule has 0 aliphatic heterocycles. The van der Waals surface area contributed by atoms with Crippen LogP contribution in [-0.4, -0.2) is 21.3 Å². The van der Waals surface area contributed by atoms with Crippen molar-refractivity contribution in [2.24, 2.45) is 0 Å². The van der Waals surface area contributed by atoms with Gasteiger partial charge in [-0.3, -0.25) is 9.36 Å². The van der Waals surface area contributed by atoms with Crippen LogP contribution < -0.4 is 5.56 Å². The average Bonchev–Trinajstić information content (AvgIpc) is 2.22. The fourth-order valence-corrected chi connectivity index (χ4v) is 1.75. The maximum atomic E-state index is 11.8. The van der Waals surface area contributed by atoms with Crippen molar-refractivity contribution < 1.29 is 5.11 Å². The normalized spacial score (nSPS) is 10.8. The largest absolute Gasteiger partial charge is 0.395 e. The molecule has 1 aromatic carbocycles. The van der Waals surface area contributed by atoms with Crippen molar-refractivity contribution in [3.8, 4) is 0 Å². The molecule has 0 amide bonds. The summed E-state index contributed by atoms with van der Waals surface area (Å²) in [5, 5.41) is 9.33. The number of aromatic nitrogens is 2. The molecule has 1 N–H and O–H groups in total. The monoisotopic (exact) mass is 268 g/mol. The number of fused-ring (bicyclic) bond motifs is 1. The Hall–Kier alpha value is -1.20.